The van der Waals surface area contributed by atoms with Gasteiger partial charge in [0.2, 0.25) is 0 Å². The molecule has 25 heavy (non-hydrogen) atoms. The van der Waals surface area contributed by atoms with Crippen molar-refractivity contribution < 1.29 is 33.4 Å². The van der Waals surface area contributed by atoms with Gasteiger partial charge in [-0.25, -0.2) is 9.59 Å². The summed E-state index contributed by atoms with van der Waals surface area (Å²) in [5, 5.41) is 0. The lowest BCUT2D eigenvalue weighted by molar-refractivity contribution is -0.160. The van der Waals surface area contributed by atoms with Gasteiger partial charge in [-0.05, 0) is 18.9 Å². The topological polar surface area (TPSA) is 96.0 Å². The zero-order valence-corrected chi connectivity index (χ0v) is 13.9. The van der Waals surface area contributed by atoms with Crippen LogP contribution in [0, 0.1) is 0 Å². The molecule has 0 saturated carbocycles. The highest BCUT2D eigenvalue weighted by Gasteiger charge is 2.11. The van der Waals surface area contributed by atoms with E-state index in [9.17, 15) is 19.2 Å². The molecule has 0 aliphatic carbocycles. The Bertz CT molecular complexity index is 620. The first-order valence-corrected chi connectivity index (χ1v) is 7.80. The van der Waals surface area contributed by atoms with E-state index in [2.05, 4.69) is 9.47 Å². The number of carbonyl (C=O) groups is 4. The standard InChI is InChI=1S/C18H20O7/c1-2-23-15(19)10-11-16(20)24-13-12-18(22)25-17(21)9-8-14-6-4-3-5-7-14/h3-7,10-11H,2,8-9,12-13H2,1H3/b11-10-. The van der Waals surface area contributed by atoms with E-state index in [4.69, 9.17) is 4.74 Å². The fourth-order valence-electron chi connectivity index (χ4n) is 1.73. The molecule has 1 aromatic carbocycles. The molecule has 134 valence electrons. The number of hydrogen-bond acceptors (Lipinski definition) is 7. The van der Waals surface area contributed by atoms with Crippen LogP contribution in [0.25, 0.3) is 0 Å². The van der Waals surface area contributed by atoms with Crippen LogP contribution in [0.4, 0.5) is 0 Å². The van der Waals surface area contributed by atoms with Crippen molar-refractivity contribution in [2.75, 3.05) is 13.2 Å². The Morgan fingerprint density at radius 2 is 1.48 bits per heavy atom. The highest BCUT2D eigenvalue weighted by molar-refractivity contribution is 5.91. The summed E-state index contributed by atoms with van der Waals surface area (Å²) in [6, 6.07) is 9.33. The smallest absolute Gasteiger partial charge is 0.331 e. The molecule has 0 spiro atoms. The predicted molar refractivity (Wildman–Crippen MR) is 87.2 cm³/mol. The van der Waals surface area contributed by atoms with Gasteiger partial charge >= 0.3 is 23.9 Å². The number of carbonyl (C=O) groups excluding carboxylic acids is 4. The molecule has 0 aromatic heterocycles. The van der Waals surface area contributed by atoms with E-state index in [1.54, 1.807) is 6.92 Å². The first-order chi connectivity index (χ1) is 12.0. The normalized spacial score (nSPS) is 10.3. The van der Waals surface area contributed by atoms with Crippen molar-refractivity contribution in [2.45, 2.75) is 26.2 Å². The molecule has 0 heterocycles. The maximum Gasteiger partial charge on any atom is 0.331 e. The van der Waals surface area contributed by atoms with Crippen LogP contribution in [-0.2, 0) is 39.8 Å². The Morgan fingerprint density at radius 3 is 2.12 bits per heavy atom. The van der Waals surface area contributed by atoms with Crippen molar-refractivity contribution in [1.82, 2.24) is 0 Å². The van der Waals surface area contributed by atoms with Crippen LogP contribution in [-0.4, -0.2) is 37.1 Å². The van der Waals surface area contributed by atoms with Crippen LogP contribution in [0.1, 0.15) is 25.3 Å². The average Bonchev–Trinajstić information content (AvgIpc) is 2.59. The number of ether oxygens (including phenoxy) is 3. The van der Waals surface area contributed by atoms with Gasteiger partial charge in [0.05, 0.1) is 19.4 Å². The minimum Gasteiger partial charge on any atom is -0.463 e. The predicted octanol–water partition coefficient (Wildman–Crippen LogP) is 1.74. The molecule has 7 nitrogen and oxygen atoms in total. The maximum absolute atomic E-state index is 11.5. The maximum atomic E-state index is 11.5. The third-order valence-electron chi connectivity index (χ3n) is 2.88. The molecule has 0 amide bonds. The summed E-state index contributed by atoms with van der Waals surface area (Å²) in [5.74, 6) is -2.87. The van der Waals surface area contributed by atoms with E-state index in [0.29, 0.717) is 6.42 Å². The highest BCUT2D eigenvalue weighted by atomic mass is 16.6. The largest absolute Gasteiger partial charge is 0.463 e. The van der Waals surface area contributed by atoms with E-state index in [1.807, 2.05) is 30.3 Å². The quantitative estimate of drug-likeness (QED) is 0.290. The lowest BCUT2D eigenvalue weighted by Gasteiger charge is -2.04. The van der Waals surface area contributed by atoms with E-state index < -0.39 is 23.9 Å². The molecule has 1 aromatic rings. The van der Waals surface area contributed by atoms with Gasteiger partial charge in [0.15, 0.2) is 0 Å². The van der Waals surface area contributed by atoms with Crippen LogP contribution in [0.5, 0.6) is 0 Å². The minimum absolute atomic E-state index is 0.0812. The monoisotopic (exact) mass is 348 g/mol. The second kappa shape index (κ2) is 11.6. The molecule has 0 unspecified atom stereocenters. The number of esters is 4. The summed E-state index contributed by atoms with van der Waals surface area (Å²) in [5.41, 5.74) is 0.967. The molecule has 0 saturated heterocycles. The molecule has 0 aliphatic rings. The highest BCUT2D eigenvalue weighted by Crippen LogP contribution is 2.04. The zero-order valence-electron chi connectivity index (χ0n) is 13.9. The van der Waals surface area contributed by atoms with Gasteiger partial charge < -0.3 is 14.2 Å². The molecule has 0 N–H and O–H groups in total. The lowest BCUT2D eigenvalue weighted by Crippen LogP contribution is -2.15. The Morgan fingerprint density at radius 1 is 0.880 bits per heavy atom. The molecular formula is C18H20O7. The Hall–Kier alpha value is -2.96. The first kappa shape index (κ1) is 20.1. The average molecular weight is 348 g/mol. The molecule has 0 fully saturated rings. The zero-order chi connectivity index (χ0) is 18.5. The molecular weight excluding hydrogens is 328 g/mol. The van der Waals surface area contributed by atoms with E-state index in [0.717, 1.165) is 17.7 Å². The van der Waals surface area contributed by atoms with Crippen LogP contribution in [0.2, 0.25) is 0 Å². The number of aryl methyl sites for hydroxylation is 1. The van der Waals surface area contributed by atoms with Crippen molar-refractivity contribution in [3.05, 3.63) is 48.0 Å². The number of hydrogen-bond donors (Lipinski definition) is 0. The number of rotatable bonds is 9. The third-order valence-corrected chi connectivity index (χ3v) is 2.88. The SMILES string of the molecule is CCOC(=O)/C=C\C(=O)OCCC(=O)OC(=O)CCc1ccccc1. The van der Waals surface area contributed by atoms with Crippen molar-refractivity contribution in [3.63, 3.8) is 0 Å². The summed E-state index contributed by atoms with van der Waals surface area (Å²) < 4.78 is 13.9. The van der Waals surface area contributed by atoms with Crippen LogP contribution in [0.3, 0.4) is 0 Å². The van der Waals surface area contributed by atoms with E-state index in [1.165, 1.54) is 0 Å². The van der Waals surface area contributed by atoms with Gasteiger partial charge in [-0.1, -0.05) is 30.3 Å². The van der Waals surface area contributed by atoms with Gasteiger partial charge in [0, 0.05) is 12.2 Å². The van der Waals surface area contributed by atoms with Crippen LogP contribution < -0.4 is 0 Å². The van der Waals surface area contributed by atoms with Crippen molar-refractivity contribution in [2.24, 2.45) is 0 Å². The lowest BCUT2D eigenvalue weighted by atomic mass is 10.1. The summed E-state index contributed by atoms with van der Waals surface area (Å²) in [6.45, 7) is 1.58. The van der Waals surface area contributed by atoms with E-state index in [-0.39, 0.29) is 26.1 Å². The van der Waals surface area contributed by atoms with Gasteiger partial charge in [0.25, 0.3) is 0 Å². The Kier molecular flexibility index (Phi) is 9.28. The van der Waals surface area contributed by atoms with Gasteiger partial charge in [-0.3, -0.25) is 9.59 Å². The molecule has 1 rings (SSSR count). The minimum atomic E-state index is -0.795. The van der Waals surface area contributed by atoms with Gasteiger partial charge in [0.1, 0.15) is 6.61 Å². The Labute approximate surface area is 145 Å². The molecule has 0 radical (unpaired) electrons. The molecule has 0 aliphatic heterocycles. The summed E-state index contributed by atoms with van der Waals surface area (Å²) >= 11 is 0. The van der Waals surface area contributed by atoms with Crippen LogP contribution >= 0.6 is 0 Å². The second-order valence-corrected chi connectivity index (χ2v) is 4.83. The summed E-state index contributed by atoms with van der Waals surface area (Å²) in [6.07, 6.45) is 2.13. The second-order valence-electron chi connectivity index (χ2n) is 4.83. The first-order valence-electron chi connectivity index (χ1n) is 7.80. The molecule has 0 bridgehead atoms. The fraction of sp³-hybridized carbons (Fsp3) is 0.333. The van der Waals surface area contributed by atoms with Crippen molar-refractivity contribution in [1.29, 1.82) is 0 Å². The van der Waals surface area contributed by atoms with Crippen LogP contribution in [0.15, 0.2) is 42.5 Å². The summed E-state index contributed by atoms with van der Waals surface area (Å²) in [7, 11) is 0. The third kappa shape index (κ3) is 9.70. The van der Waals surface area contributed by atoms with E-state index >= 15 is 0 Å². The molecule has 7 heteroatoms. The van der Waals surface area contributed by atoms with Crippen molar-refractivity contribution in [3.8, 4) is 0 Å². The Balaban J connectivity index is 2.18. The fourth-order valence-corrected chi connectivity index (χ4v) is 1.73. The van der Waals surface area contributed by atoms with Gasteiger partial charge in [-0.2, -0.15) is 0 Å². The molecule has 0 atom stereocenters. The summed E-state index contributed by atoms with van der Waals surface area (Å²) in [4.78, 5) is 45.3. The van der Waals surface area contributed by atoms with Crippen molar-refractivity contribution >= 4 is 23.9 Å². The van der Waals surface area contributed by atoms with Gasteiger partial charge in [-0.15, -0.1) is 0 Å². The number of benzene rings is 1.